The van der Waals surface area contributed by atoms with Crippen LogP contribution in [0.15, 0.2) is 48.5 Å². The van der Waals surface area contributed by atoms with Gasteiger partial charge in [-0.25, -0.2) is 4.79 Å². The lowest BCUT2D eigenvalue weighted by Crippen LogP contribution is -2.04. The van der Waals surface area contributed by atoms with Crippen LogP contribution in [0.4, 0.5) is 24.5 Å². The molecule has 0 saturated carbocycles. The number of halogens is 3. The first-order valence-corrected chi connectivity index (χ1v) is 5.64. The molecule has 104 valence electrons. The van der Waals surface area contributed by atoms with Crippen LogP contribution in [0.25, 0.3) is 0 Å². The second kappa shape index (κ2) is 5.24. The van der Waals surface area contributed by atoms with Gasteiger partial charge in [0, 0.05) is 11.4 Å². The van der Waals surface area contributed by atoms with Crippen LogP contribution in [-0.4, -0.2) is 11.1 Å². The molecule has 2 aromatic carbocycles. The topological polar surface area (TPSA) is 49.3 Å². The first-order valence-electron chi connectivity index (χ1n) is 5.64. The van der Waals surface area contributed by atoms with Crippen molar-refractivity contribution in [2.75, 3.05) is 5.32 Å². The SMILES string of the molecule is O=C(O)c1ccc(Nc2ccc(C(F)(F)F)cc2)cc1. The van der Waals surface area contributed by atoms with Crippen molar-refractivity contribution >= 4 is 17.3 Å². The van der Waals surface area contributed by atoms with E-state index in [0.717, 1.165) is 12.1 Å². The van der Waals surface area contributed by atoms with Gasteiger partial charge in [-0.2, -0.15) is 13.2 Å². The highest BCUT2D eigenvalue weighted by molar-refractivity contribution is 5.88. The minimum Gasteiger partial charge on any atom is -0.478 e. The van der Waals surface area contributed by atoms with Gasteiger partial charge in [-0.15, -0.1) is 0 Å². The van der Waals surface area contributed by atoms with E-state index in [4.69, 9.17) is 5.11 Å². The molecule has 20 heavy (non-hydrogen) atoms. The molecule has 0 aliphatic carbocycles. The third-order valence-electron chi connectivity index (χ3n) is 2.63. The standard InChI is InChI=1S/C14H10F3NO2/c15-14(16,17)10-3-7-12(8-4-10)18-11-5-1-9(2-6-11)13(19)20/h1-8,18H,(H,19,20). The summed E-state index contributed by atoms with van der Waals surface area (Å²) in [5.41, 5.74) is 0.503. The number of carboxylic acids is 1. The molecule has 2 rings (SSSR count). The average Bonchev–Trinajstić information content (AvgIpc) is 2.39. The van der Waals surface area contributed by atoms with Crippen molar-refractivity contribution in [3.05, 3.63) is 59.7 Å². The van der Waals surface area contributed by atoms with Gasteiger partial charge in [0.1, 0.15) is 0 Å². The van der Waals surface area contributed by atoms with Gasteiger partial charge >= 0.3 is 12.1 Å². The van der Waals surface area contributed by atoms with Crippen LogP contribution < -0.4 is 5.32 Å². The summed E-state index contributed by atoms with van der Waals surface area (Å²) in [7, 11) is 0. The molecule has 0 bridgehead atoms. The number of carboxylic acid groups (broad SMARTS) is 1. The molecule has 0 aliphatic heterocycles. The third kappa shape index (κ3) is 3.28. The predicted molar refractivity (Wildman–Crippen MR) is 68.1 cm³/mol. The van der Waals surface area contributed by atoms with Crippen molar-refractivity contribution in [2.24, 2.45) is 0 Å². The van der Waals surface area contributed by atoms with E-state index in [0.29, 0.717) is 11.4 Å². The van der Waals surface area contributed by atoms with E-state index in [-0.39, 0.29) is 5.56 Å². The van der Waals surface area contributed by atoms with Gasteiger partial charge in [-0.1, -0.05) is 0 Å². The maximum absolute atomic E-state index is 12.4. The summed E-state index contributed by atoms with van der Waals surface area (Å²) in [4.78, 5) is 10.7. The Morgan fingerprint density at radius 2 is 1.35 bits per heavy atom. The maximum Gasteiger partial charge on any atom is 0.416 e. The highest BCUT2D eigenvalue weighted by Crippen LogP contribution is 2.30. The summed E-state index contributed by atoms with van der Waals surface area (Å²) in [5, 5.41) is 11.6. The van der Waals surface area contributed by atoms with E-state index in [9.17, 15) is 18.0 Å². The third-order valence-corrected chi connectivity index (χ3v) is 2.63. The highest BCUT2D eigenvalue weighted by Gasteiger charge is 2.29. The van der Waals surface area contributed by atoms with E-state index >= 15 is 0 Å². The zero-order valence-electron chi connectivity index (χ0n) is 10.1. The van der Waals surface area contributed by atoms with Crippen molar-refractivity contribution in [2.45, 2.75) is 6.18 Å². The second-order valence-corrected chi connectivity index (χ2v) is 4.08. The van der Waals surface area contributed by atoms with Crippen LogP contribution >= 0.6 is 0 Å². The number of anilines is 2. The largest absolute Gasteiger partial charge is 0.478 e. The summed E-state index contributed by atoms with van der Waals surface area (Å²) in [6.07, 6.45) is -4.36. The number of rotatable bonds is 3. The molecule has 0 amide bonds. The Labute approximate surface area is 112 Å². The predicted octanol–water partition coefficient (Wildman–Crippen LogP) is 4.15. The van der Waals surface area contributed by atoms with Gasteiger partial charge in [0.25, 0.3) is 0 Å². The van der Waals surface area contributed by atoms with Gasteiger partial charge in [0.2, 0.25) is 0 Å². The van der Waals surface area contributed by atoms with Crippen LogP contribution in [0, 0.1) is 0 Å². The van der Waals surface area contributed by atoms with E-state index in [1.165, 1.54) is 24.3 Å². The number of aromatic carboxylic acids is 1. The number of alkyl halides is 3. The Kier molecular flexibility index (Phi) is 3.65. The van der Waals surface area contributed by atoms with Crippen molar-refractivity contribution in [1.82, 2.24) is 0 Å². The van der Waals surface area contributed by atoms with E-state index in [2.05, 4.69) is 5.32 Å². The molecule has 0 radical (unpaired) electrons. The van der Waals surface area contributed by atoms with Crippen LogP contribution in [-0.2, 0) is 6.18 Å². The fourth-order valence-electron chi connectivity index (χ4n) is 1.61. The molecule has 6 heteroatoms. The molecule has 0 saturated heterocycles. The normalized spacial score (nSPS) is 11.2. The van der Waals surface area contributed by atoms with Gasteiger partial charge in [-0.05, 0) is 48.5 Å². The molecule has 0 aliphatic rings. The highest BCUT2D eigenvalue weighted by atomic mass is 19.4. The number of hydrogen-bond donors (Lipinski definition) is 2. The summed E-state index contributed by atoms with van der Waals surface area (Å²) in [6.45, 7) is 0. The van der Waals surface area contributed by atoms with Gasteiger partial charge in [0.15, 0.2) is 0 Å². The Morgan fingerprint density at radius 3 is 1.75 bits per heavy atom. The molecule has 0 spiro atoms. The first-order chi connectivity index (χ1) is 9.36. The average molecular weight is 281 g/mol. The molecule has 3 nitrogen and oxygen atoms in total. The molecule has 0 fully saturated rings. The Morgan fingerprint density at radius 1 is 0.900 bits per heavy atom. The summed E-state index contributed by atoms with van der Waals surface area (Å²) < 4.78 is 37.2. The van der Waals surface area contributed by atoms with Crippen molar-refractivity contribution in [3.63, 3.8) is 0 Å². The molecule has 2 N–H and O–H groups in total. The molecule has 0 atom stereocenters. The first kappa shape index (κ1) is 13.9. The maximum atomic E-state index is 12.4. The zero-order chi connectivity index (χ0) is 14.8. The minimum atomic E-state index is -4.36. The number of nitrogens with one attached hydrogen (secondary N) is 1. The van der Waals surface area contributed by atoms with Crippen LogP contribution in [0.5, 0.6) is 0 Å². The lowest BCUT2D eigenvalue weighted by Gasteiger charge is -2.09. The van der Waals surface area contributed by atoms with Crippen LogP contribution in [0.2, 0.25) is 0 Å². The molecule has 0 aromatic heterocycles. The van der Waals surface area contributed by atoms with Gasteiger partial charge < -0.3 is 10.4 Å². The molecule has 0 unspecified atom stereocenters. The molecular weight excluding hydrogens is 271 g/mol. The van der Waals surface area contributed by atoms with Gasteiger partial charge in [0.05, 0.1) is 11.1 Å². The quantitative estimate of drug-likeness (QED) is 0.888. The summed E-state index contributed by atoms with van der Waals surface area (Å²) in [5.74, 6) is -1.04. The number of carbonyl (C=O) groups is 1. The summed E-state index contributed by atoms with van der Waals surface area (Å²) >= 11 is 0. The van der Waals surface area contributed by atoms with Crippen molar-refractivity contribution in [1.29, 1.82) is 0 Å². The fourth-order valence-corrected chi connectivity index (χ4v) is 1.61. The lowest BCUT2D eigenvalue weighted by molar-refractivity contribution is -0.137. The molecular formula is C14H10F3NO2. The Bertz CT molecular complexity index is 604. The Hall–Kier alpha value is -2.50. The molecule has 0 heterocycles. The number of hydrogen-bond acceptors (Lipinski definition) is 2. The fraction of sp³-hybridized carbons (Fsp3) is 0.0714. The van der Waals surface area contributed by atoms with Crippen LogP contribution in [0.1, 0.15) is 15.9 Å². The van der Waals surface area contributed by atoms with Gasteiger partial charge in [-0.3, -0.25) is 0 Å². The Balaban J connectivity index is 2.12. The number of benzene rings is 2. The van der Waals surface area contributed by atoms with Crippen molar-refractivity contribution < 1.29 is 23.1 Å². The summed E-state index contributed by atoms with van der Waals surface area (Å²) in [6, 6.07) is 10.5. The van der Waals surface area contributed by atoms with E-state index < -0.39 is 17.7 Å². The second-order valence-electron chi connectivity index (χ2n) is 4.08. The van der Waals surface area contributed by atoms with E-state index in [1.807, 2.05) is 0 Å². The van der Waals surface area contributed by atoms with Crippen molar-refractivity contribution in [3.8, 4) is 0 Å². The smallest absolute Gasteiger partial charge is 0.416 e. The molecule has 2 aromatic rings. The lowest BCUT2D eigenvalue weighted by atomic mass is 10.2. The van der Waals surface area contributed by atoms with Crippen LogP contribution in [0.3, 0.4) is 0 Å². The minimum absolute atomic E-state index is 0.142. The van der Waals surface area contributed by atoms with E-state index in [1.54, 1.807) is 12.1 Å². The monoisotopic (exact) mass is 281 g/mol. The zero-order valence-corrected chi connectivity index (χ0v) is 10.1.